The van der Waals surface area contributed by atoms with Gasteiger partial charge in [0.25, 0.3) is 0 Å². The highest BCUT2D eigenvalue weighted by Gasteiger charge is 2.09. The second kappa shape index (κ2) is 7.47. The van der Waals surface area contributed by atoms with Crippen molar-refractivity contribution in [2.45, 2.75) is 32.1 Å². The number of aliphatic hydroxyl groups excluding tert-OH is 1. The molecule has 0 aromatic carbocycles. The number of aromatic nitrogens is 2. The molecule has 6 heteroatoms. The smallest absolute Gasteiger partial charge is 0.230 e. The first-order valence-electron chi connectivity index (χ1n) is 7.04. The molecule has 2 N–H and O–H groups in total. The molecule has 2 aromatic heterocycles. The molecule has 0 bridgehead atoms. The second-order valence-electron chi connectivity index (χ2n) is 5.05. The van der Waals surface area contributed by atoms with Crippen LogP contribution >= 0.6 is 11.8 Å². The topological polar surface area (TPSA) is 66.6 Å². The number of rotatable bonds is 7. The first-order valence-corrected chi connectivity index (χ1v) is 8.20. The van der Waals surface area contributed by atoms with E-state index in [0.717, 1.165) is 17.8 Å². The number of thioether (sulfide) groups is 1. The third-order valence-electron chi connectivity index (χ3n) is 3.21. The number of hydrogen-bond donors (Lipinski definition) is 2. The van der Waals surface area contributed by atoms with Crippen LogP contribution in [0.4, 0.5) is 0 Å². The fourth-order valence-corrected chi connectivity index (χ4v) is 2.74. The van der Waals surface area contributed by atoms with Crippen LogP contribution in [0.5, 0.6) is 0 Å². The van der Waals surface area contributed by atoms with Gasteiger partial charge in [-0.3, -0.25) is 4.79 Å². The van der Waals surface area contributed by atoms with E-state index in [1.165, 1.54) is 17.3 Å². The summed E-state index contributed by atoms with van der Waals surface area (Å²) in [6.45, 7) is 3.97. The van der Waals surface area contributed by atoms with E-state index in [1.54, 1.807) is 0 Å². The molecule has 21 heavy (non-hydrogen) atoms. The lowest BCUT2D eigenvalue weighted by Crippen LogP contribution is -2.37. The van der Waals surface area contributed by atoms with Crippen molar-refractivity contribution >= 4 is 23.3 Å². The maximum Gasteiger partial charge on any atom is 0.230 e. The number of amides is 1. The number of hydrogen-bond acceptors (Lipinski definition) is 4. The Morgan fingerprint density at radius 3 is 3.00 bits per heavy atom. The van der Waals surface area contributed by atoms with Crippen molar-refractivity contribution in [2.24, 2.45) is 0 Å². The van der Waals surface area contributed by atoms with Crippen molar-refractivity contribution < 1.29 is 9.90 Å². The monoisotopic (exact) mass is 307 g/mol. The van der Waals surface area contributed by atoms with Crippen molar-refractivity contribution in [3.05, 3.63) is 35.8 Å². The van der Waals surface area contributed by atoms with Gasteiger partial charge in [0.15, 0.2) is 0 Å². The maximum absolute atomic E-state index is 11.7. The van der Waals surface area contributed by atoms with Gasteiger partial charge in [0.2, 0.25) is 5.91 Å². The van der Waals surface area contributed by atoms with Gasteiger partial charge < -0.3 is 14.8 Å². The van der Waals surface area contributed by atoms with E-state index in [2.05, 4.69) is 10.3 Å². The van der Waals surface area contributed by atoms with Gasteiger partial charge in [-0.2, -0.15) is 0 Å². The quantitative estimate of drug-likeness (QED) is 0.818. The lowest BCUT2D eigenvalue weighted by molar-refractivity contribution is -0.119. The lowest BCUT2D eigenvalue weighted by Gasteiger charge is -2.13. The summed E-state index contributed by atoms with van der Waals surface area (Å²) in [4.78, 5) is 16.2. The van der Waals surface area contributed by atoms with Crippen LogP contribution in [0.1, 0.15) is 24.6 Å². The van der Waals surface area contributed by atoms with E-state index in [4.69, 9.17) is 5.11 Å². The molecular formula is C15H21N3O2S. The van der Waals surface area contributed by atoms with Gasteiger partial charge in [-0.15, -0.1) is 11.8 Å². The number of imidazole rings is 1. The van der Waals surface area contributed by atoms with Crippen LogP contribution in [0.2, 0.25) is 0 Å². The van der Waals surface area contributed by atoms with E-state index in [9.17, 15) is 4.79 Å². The Balaban J connectivity index is 1.83. The predicted molar refractivity (Wildman–Crippen MR) is 85.4 cm³/mol. The summed E-state index contributed by atoms with van der Waals surface area (Å²) >= 11 is 1.53. The number of fused-ring (bicyclic) bond motifs is 1. The summed E-state index contributed by atoms with van der Waals surface area (Å²) in [5.41, 5.74) is 3.08. The summed E-state index contributed by atoms with van der Waals surface area (Å²) in [5, 5.41) is 11.8. The second-order valence-corrected chi connectivity index (χ2v) is 6.04. The molecule has 0 radical (unpaired) electrons. The highest BCUT2D eigenvalue weighted by atomic mass is 32.2. The molecule has 114 valence electrons. The van der Waals surface area contributed by atoms with Crippen molar-refractivity contribution in [3.63, 3.8) is 0 Å². The summed E-state index contributed by atoms with van der Waals surface area (Å²) in [5.74, 6) is 1.04. The van der Waals surface area contributed by atoms with Gasteiger partial charge in [0.1, 0.15) is 5.65 Å². The number of pyridine rings is 1. The molecule has 1 amide bonds. The molecule has 0 spiro atoms. The van der Waals surface area contributed by atoms with E-state index in [-0.39, 0.29) is 18.6 Å². The van der Waals surface area contributed by atoms with Gasteiger partial charge in [0.05, 0.1) is 24.1 Å². The Hall–Kier alpha value is -1.53. The average molecular weight is 307 g/mol. The van der Waals surface area contributed by atoms with Gasteiger partial charge >= 0.3 is 0 Å². The van der Waals surface area contributed by atoms with Crippen LogP contribution < -0.4 is 5.32 Å². The van der Waals surface area contributed by atoms with Crippen LogP contribution in [-0.2, 0) is 10.5 Å². The number of nitrogens with one attached hydrogen (secondary N) is 1. The largest absolute Gasteiger partial charge is 0.394 e. The molecule has 5 nitrogen and oxygen atoms in total. The zero-order valence-corrected chi connectivity index (χ0v) is 13.2. The molecule has 0 saturated heterocycles. The minimum atomic E-state index is -0.142. The normalized spacial score (nSPS) is 12.5. The van der Waals surface area contributed by atoms with Gasteiger partial charge in [-0.25, -0.2) is 4.98 Å². The third-order valence-corrected chi connectivity index (χ3v) is 4.18. The standard InChI is InChI=1S/C15H21N3O2S/c1-3-12(8-19)17-15(20)10-21-9-13-7-18-6-11(2)4-5-14(18)16-13/h4-7,12,19H,3,8-10H2,1-2H3,(H,17,20). The van der Waals surface area contributed by atoms with Gasteiger partial charge in [-0.05, 0) is 25.0 Å². The molecule has 1 atom stereocenters. The molecule has 0 fully saturated rings. The molecule has 0 saturated carbocycles. The van der Waals surface area contributed by atoms with Crippen molar-refractivity contribution in [1.29, 1.82) is 0 Å². The molecule has 2 aromatic rings. The van der Waals surface area contributed by atoms with Crippen LogP contribution in [0.3, 0.4) is 0 Å². The Kier molecular flexibility index (Phi) is 5.64. The summed E-state index contributed by atoms with van der Waals surface area (Å²) in [6, 6.07) is 3.88. The third kappa shape index (κ3) is 4.47. The Morgan fingerprint density at radius 1 is 1.48 bits per heavy atom. The van der Waals surface area contributed by atoms with Crippen molar-refractivity contribution in [2.75, 3.05) is 12.4 Å². The number of carbonyl (C=O) groups excluding carboxylic acids is 1. The highest BCUT2D eigenvalue weighted by Crippen LogP contribution is 2.13. The molecule has 0 aliphatic rings. The highest BCUT2D eigenvalue weighted by molar-refractivity contribution is 7.99. The Bertz CT molecular complexity index is 608. The van der Waals surface area contributed by atoms with Crippen LogP contribution in [0.25, 0.3) is 5.65 Å². The van der Waals surface area contributed by atoms with Gasteiger partial charge in [-0.1, -0.05) is 13.0 Å². The SMILES string of the molecule is CCC(CO)NC(=O)CSCc1cn2cc(C)ccc2n1. The van der Waals surface area contributed by atoms with E-state index in [1.807, 2.05) is 42.8 Å². The fourth-order valence-electron chi connectivity index (χ4n) is 2.02. The summed E-state index contributed by atoms with van der Waals surface area (Å²) in [6.07, 6.45) is 4.77. The molecule has 2 heterocycles. The zero-order chi connectivity index (χ0) is 15.2. The van der Waals surface area contributed by atoms with Crippen LogP contribution in [0, 0.1) is 6.92 Å². The molecular weight excluding hydrogens is 286 g/mol. The van der Waals surface area contributed by atoms with E-state index >= 15 is 0 Å². The average Bonchev–Trinajstić information content (AvgIpc) is 2.86. The molecule has 2 rings (SSSR count). The van der Waals surface area contributed by atoms with Crippen molar-refractivity contribution in [3.8, 4) is 0 Å². The van der Waals surface area contributed by atoms with E-state index in [0.29, 0.717) is 11.5 Å². The minimum Gasteiger partial charge on any atom is -0.394 e. The Morgan fingerprint density at radius 2 is 2.29 bits per heavy atom. The van der Waals surface area contributed by atoms with Crippen molar-refractivity contribution in [1.82, 2.24) is 14.7 Å². The number of aliphatic hydroxyl groups is 1. The molecule has 0 aliphatic heterocycles. The van der Waals surface area contributed by atoms with Crippen LogP contribution in [0.15, 0.2) is 24.5 Å². The lowest BCUT2D eigenvalue weighted by atomic mass is 10.2. The Labute approximate surface area is 128 Å². The van der Waals surface area contributed by atoms with Crippen LogP contribution in [-0.4, -0.2) is 38.8 Å². The summed E-state index contributed by atoms with van der Waals surface area (Å²) in [7, 11) is 0. The predicted octanol–water partition coefficient (Wildman–Crippen LogP) is 1.76. The maximum atomic E-state index is 11.7. The van der Waals surface area contributed by atoms with Gasteiger partial charge in [0, 0.05) is 18.1 Å². The first-order chi connectivity index (χ1) is 10.1. The first kappa shape index (κ1) is 15.9. The number of carbonyl (C=O) groups is 1. The molecule has 0 aliphatic carbocycles. The fraction of sp³-hybridized carbons (Fsp3) is 0.467. The number of nitrogens with zero attached hydrogens (tertiary/aromatic N) is 2. The van der Waals surface area contributed by atoms with E-state index < -0.39 is 0 Å². The molecule has 1 unspecified atom stereocenters. The zero-order valence-electron chi connectivity index (χ0n) is 12.4. The number of aryl methyl sites for hydroxylation is 1. The minimum absolute atomic E-state index is 0.0152. The summed E-state index contributed by atoms with van der Waals surface area (Å²) < 4.78 is 2.00.